The van der Waals surface area contributed by atoms with Crippen LogP contribution in [0.25, 0.3) is 0 Å². The van der Waals surface area contributed by atoms with Crippen LogP contribution < -0.4 is 5.32 Å². The van der Waals surface area contributed by atoms with Crippen LogP contribution in [0.1, 0.15) is 6.92 Å². The van der Waals surface area contributed by atoms with Gasteiger partial charge in [-0.1, -0.05) is 0 Å². The van der Waals surface area contributed by atoms with Crippen molar-refractivity contribution in [2.75, 3.05) is 0 Å². The highest BCUT2D eigenvalue weighted by Gasteiger charge is 2.12. The Morgan fingerprint density at radius 1 is 1.67 bits per heavy atom. The minimum Gasteiger partial charge on any atom is -0.371 e. The van der Waals surface area contributed by atoms with E-state index in [1.165, 1.54) is 6.92 Å². The van der Waals surface area contributed by atoms with Crippen LogP contribution in [0.2, 0.25) is 0 Å². The van der Waals surface area contributed by atoms with Crippen molar-refractivity contribution in [3.05, 3.63) is 0 Å². The fourth-order valence-electron chi connectivity index (χ4n) is 0.271. The number of hydrogen-bond donors (Lipinski definition) is 2. The summed E-state index contributed by atoms with van der Waals surface area (Å²) in [5, 5.41) is 10.8. The second kappa shape index (κ2) is 3.93. The average Bonchev–Trinajstić information content (AvgIpc) is 1.63. The van der Waals surface area contributed by atoms with Gasteiger partial charge in [-0.3, -0.25) is 4.79 Å². The predicted octanol–water partition coefficient (Wildman–Crippen LogP) is 0.245. The third-order valence-corrected chi connectivity index (χ3v) is 1.07. The lowest BCUT2D eigenvalue weighted by Crippen LogP contribution is -2.37. The summed E-state index contributed by atoms with van der Waals surface area (Å²) in [7, 11) is 0. The van der Waals surface area contributed by atoms with Gasteiger partial charge in [-0.25, -0.2) is 0 Å². The van der Waals surface area contributed by atoms with Crippen molar-refractivity contribution in [3.8, 4) is 0 Å². The first-order chi connectivity index (χ1) is 4.04. The van der Waals surface area contributed by atoms with E-state index >= 15 is 0 Å². The van der Waals surface area contributed by atoms with E-state index in [1.54, 1.807) is 0 Å². The molecule has 0 aliphatic heterocycles. The van der Waals surface area contributed by atoms with Crippen LogP contribution in [0.3, 0.4) is 0 Å². The quantitative estimate of drug-likeness (QED) is 0.463. The zero-order valence-electron chi connectivity index (χ0n) is 4.77. The normalized spacial score (nSPS) is 13.4. The maximum absolute atomic E-state index is 10.2. The molecule has 0 fully saturated rings. The van der Waals surface area contributed by atoms with Gasteiger partial charge in [-0.05, 0) is 0 Å². The van der Waals surface area contributed by atoms with Crippen molar-refractivity contribution < 1.29 is 9.90 Å². The van der Waals surface area contributed by atoms with E-state index in [0.29, 0.717) is 0 Å². The van der Waals surface area contributed by atoms with Crippen LogP contribution in [0.15, 0.2) is 0 Å². The molecular formula is C4H7Cl2NO2. The molecule has 1 atom stereocenters. The molecule has 0 heterocycles. The van der Waals surface area contributed by atoms with Gasteiger partial charge in [-0.15, -0.1) is 23.2 Å². The minimum absolute atomic E-state index is 0.367. The molecule has 5 heteroatoms. The number of aliphatic hydroxyl groups excluding tert-OH is 1. The van der Waals surface area contributed by atoms with Crippen LogP contribution in [0.5, 0.6) is 0 Å². The summed E-state index contributed by atoms with van der Waals surface area (Å²) in [6.45, 7) is 1.26. The van der Waals surface area contributed by atoms with Crippen molar-refractivity contribution in [1.29, 1.82) is 0 Å². The molecule has 0 aromatic carbocycles. The van der Waals surface area contributed by atoms with E-state index in [1.807, 2.05) is 0 Å². The highest BCUT2D eigenvalue weighted by atomic mass is 35.5. The Bertz CT molecular complexity index is 107. The average molecular weight is 172 g/mol. The monoisotopic (exact) mass is 171 g/mol. The molecule has 0 aromatic rings. The number of amides is 1. The first-order valence-corrected chi connectivity index (χ1v) is 3.14. The highest BCUT2D eigenvalue weighted by Crippen LogP contribution is 2.04. The molecule has 1 unspecified atom stereocenters. The minimum atomic E-state index is -1.18. The van der Waals surface area contributed by atoms with E-state index in [2.05, 4.69) is 5.32 Å². The fourth-order valence-corrected chi connectivity index (χ4v) is 0.397. The van der Waals surface area contributed by atoms with E-state index in [0.717, 1.165) is 0 Å². The summed E-state index contributed by atoms with van der Waals surface area (Å²) in [6.07, 6.45) is -1.18. The molecule has 0 rings (SSSR count). The smallest absolute Gasteiger partial charge is 0.218 e. The SMILES string of the molecule is CC(=O)NC(O)C(Cl)Cl. The topological polar surface area (TPSA) is 49.3 Å². The number of hydrogen-bond acceptors (Lipinski definition) is 2. The lowest BCUT2D eigenvalue weighted by molar-refractivity contribution is -0.121. The van der Waals surface area contributed by atoms with Crippen LogP contribution >= 0.6 is 23.2 Å². The van der Waals surface area contributed by atoms with Crippen molar-refractivity contribution in [2.24, 2.45) is 0 Å². The highest BCUT2D eigenvalue weighted by molar-refractivity contribution is 6.44. The van der Waals surface area contributed by atoms with Gasteiger partial charge >= 0.3 is 0 Å². The van der Waals surface area contributed by atoms with E-state index in [9.17, 15) is 4.79 Å². The second-order valence-electron chi connectivity index (χ2n) is 1.48. The van der Waals surface area contributed by atoms with Gasteiger partial charge in [0.05, 0.1) is 0 Å². The number of alkyl halides is 2. The molecule has 2 N–H and O–H groups in total. The van der Waals surface area contributed by atoms with Gasteiger partial charge < -0.3 is 10.4 Å². The first-order valence-electron chi connectivity index (χ1n) is 2.27. The van der Waals surface area contributed by atoms with Crippen molar-refractivity contribution in [3.63, 3.8) is 0 Å². The molecule has 1 amide bonds. The summed E-state index contributed by atoms with van der Waals surface area (Å²) in [5.74, 6) is -0.367. The first kappa shape index (κ1) is 9.01. The van der Waals surface area contributed by atoms with Gasteiger partial charge in [0, 0.05) is 6.92 Å². The zero-order valence-corrected chi connectivity index (χ0v) is 6.28. The van der Waals surface area contributed by atoms with Crippen LogP contribution in [0, 0.1) is 0 Å². The molecule has 0 aliphatic carbocycles. The Kier molecular flexibility index (Phi) is 3.93. The Labute approximate surface area is 62.9 Å². The van der Waals surface area contributed by atoms with Gasteiger partial charge in [0.2, 0.25) is 5.91 Å². The van der Waals surface area contributed by atoms with Crippen molar-refractivity contribution in [1.82, 2.24) is 5.32 Å². The van der Waals surface area contributed by atoms with Gasteiger partial charge in [0.25, 0.3) is 0 Å². The Morgan fingerprint density at radius 2 is 2.11 bits per heavy atom. The van der Waals surface area contributed by atoms with Crippen LogP contribution in [0.4, 0.5) is 0 Å². The molecule has 54 valence electrons. The molecule has 0 saturated carbocycles. The maximum atomic E-state index is 10.2. The van der Waals surface area contributed by atoms with E-state index in [-0.39, 0.29) is 5.91 Å². The lowest BCUT2D eigenvalue weighted by atomic mass is 10.6. The van der Waals surface area contributed by atoms with Gasteiger partial charge in [0.15, 0.2) is 11.1 Å². The summed E-state index contributed by atoms with van der Waals surface area (Å²) in [4.78, 5) is 9.19. The molecule has 3 nitrogen and oxygen atoms in total. The number of nitrogens with one attached hydrogen (secondary N) is 1. The van der Waals surface area contributed by atoms with Crippen LogP contribution in [-0.4, -0.2) is 22.1 Å². The largest absolute Gasteiger partial charge is 0.371 e. The molecule has 0 aliphatic rings. The molecular weight excluding hydrogens is 165 g/mol. The summed E-state index contributed by atoms with van der Waals surface area (Å²) in [6, 6.07) is 0. The summed E-state index contributed by atoms with van der Waals surface area (Å²) < 4.78 is 0. The Hall–Kier alpha value is 0.01000. The Balaban J connectivity index is 3.50. The number of carbonyl (C=O) groups is 1. The third kappa shape index (κ3) is 4.51. The van der Waals surface area contributed by atoms with Crippen molar-refractivity contribution in [2.45, 2.75) is 18.0 Å². The third-order valence-electron chi connectivity index (χ3n) is 0.590. The van der Waals surface area contributed by atoms with Gasteiger partial charge in [0.1, 0.15) is 0 Å². The fraction of sp³-hybridized carbons (Fsp3) is 0.750. The van der Waals surface area contributed by atoms with E-state index < -0.39 is 11.1 Å². The maximum Gasteiger partial charge on any atom is 0.218 e. The van der Waals surface area contributed by atoms with E-state index in [4.69, 9.17) is 28.3 Å². The second-order valence-corrected chi connectivity index (χ2v) is 2.64. The predicted molar refractivity (Wildman–Crippen MR) is 35.3 cm³/mol. The number of aliphatic hydroxyl groups is 1. The van der Waals surface area contributed by atoms with Crippen molar-refractivity contribution >= 4 is 29.1 Å². The molecule has 0 bridgehead atoms. The van der Waals surface area contributed by atoms with Gasteiger partial charge in [-0.2, -0.15) is 0 Å². The Morgan fingerprint density at radius 3 is 2.22 bits per heavy atom. The molecule has 0 aromatic heterocycles. The number of carbonyl (C=O) groups excluding carboxylic acids is 1. The molecule has 0 spiro atoms. The summed E-state index contributed by atoms with van der Waals surface area (Å²) in [5.41, 5.74) is 0. The summed E-state index contributed by atoms with van der Waals surface area (Å²) >= 11 is 10.3. The number of rotatable bonds is 2. The molecule has 9 heavy (non-hydrogen) atoms. The number of halogens is 2. The lowest BCUT2D eigenvalue weighted by Gasteiger charge is -2.10. The van der Waals surface area contributed by atoms with Crippen LogP contribution in [-0.2, 0) is 4.79 Å². The molecule has 0 radical (unpaired) electrons. The standard InChI is InChI=1S/C4H7Cl2NO2/c1-2(8)7-4(9)3(5)6/h3-4,9H,1H3,(H,7,8). The zero-order chi connectivity index (χ0) is 7.44. The molecule has 0 saturated heterocycles.